The average molecular weight is 368 g/mol. The molecule has 5 heteroatoms. The van der Waals surface area contributed by atoms with Gasteiger partial charge in [-0.2, -0.15) is 0 Å². The third-order valence-corrected chi connectivity index (χ3v) is 3.83. The Morgan fingerprint density at radius 1 is 0.923 bits per heavy atom. The van der Waals surface area contributed by atoms with E-state index in [4.69, 9.17) is 21.1 Å². The molecule has 0 aromatic heterocycles. The largest absolute Gasteiger partial charge is 0.481 e. The van der Waals surface area contributed by atoms with Crippen LogP contribution in [0.2, 0.25) is 5.02 Å². The van der Waals surface area contributed by atoms with Crippen molar-refractivity contribution < 1.29 is 14.3 Å². The van der Waals surface area contributed by atoms with Gasteiger partial charge in [-0.1, -0.05) is 48.0 Å². The number of para-hydroxylation sites is 2. The van der Waals surface area contributed by atoms with Gasteiger partial charge in [-0.05, 0) is 49.4 Å². The van der Waals surface area contributed by atoms with Crippen molar-refractivity contribution in [1.82, 2.24) is 0 Å². The predicted molar refractivity (Wildman–Crippen MR) is 103 cm³/mol. The SMILES string of the molecule is C[C@@H](Oc1ccccc1)C(=O)Nc1cc(Cl)ccc1Oc1ccccc1. The van der Waals surface area contributed by atoms with Crippen LogP contribution in [-0.4, -0.2) is 12.0 Å². The summed E-state index contributed by atoms with van der Waals surface area (Å²) >= 11 is 6.07. The minimum atomic E-state index is -0.680. The Kier molecular flexibility index (Phi) is 5.77. The van der Waals surface area contributed by atoms with E-state index in [0.717, 1.165) is 0 Å². The van der Waals surface area contributed by atoms with Crippen molar-refractivity contribution in [2.45, 2.75) is 13.0 Å². The van der Waals surface area contributed by atoms with E-state index >= 15 is 0 Å². The fourth-order valence-corrected chi connectivity index (χ4v) is 2.47. The number of amides is 1. The van der Waals surface area contributed by atoms with Crippen LogP contribution in [-0.2, 0) is 4.79 Å². The van der Waals surface area contributed by atoms with Gasteiger partial charge in [0.05, 0.1) is 5.69 Å². The molecule has 1 atom stereocenters. The smallest absolute Gasteiger partial charge is 0.265 e. The van der Waals surface area contributed by atoms with Gasteiger partial charge in [0.15, 0.2) is 11.9 Å². The highest BCUT2D eigenvalue weighted by Gasteiger charge is 2.17. The quantitative estimate of drug-likeness (QED) is 0.622. The third-order valence-electron chi connectivity index (χ3n) is 3.60. The van der Waals surface area contributed by atoms with E-state index in [-0.39, 0.29) is 5.91 Å². The number of halogens is 1. The van der Waals surface area contributed by atoms with Gasteiger partial charge in [-0.25, -0.2) is 0 Å². The molecule has 1 amide bonds. The molecule has 26 heavy (non-hydrogen) atoms. The monoisotopic (exact) mass is 367 g/mol. The summed E-state index contributed by atoms with van der Waals surface area (Å²) in [6, 6.07) is 23.6. The van der Waals surface area contributed by atoms with Gasteiger partial charge >= 0.3 is 0 Å². The first-order chi connectivity index (χ1) is 12.6. The van der Waals surface area contributed by atoms with E-state index in [1.54, 1.807) is 37.3 Å². The highest BCUT2D eigenvalue weighted by Crippen LogP contribution is 2.32. The number of nitrogens with one attached hydrogen (secondary N) is 1. The van der Waals surface area contributed by atoms with Crippen molar-refractivity contribution in [3.05, 3.63) is 83.9 Å². The molecule has 0 saturated carbocycles. The van der Waals surface area contributed by atoms with Gasteiger partial charge in [-0.3, -0.25) is 4.79 Å². The molecular weight excluding hydrogens is 350 g/mol. The van der Waals surface area contributed by atoms with Crippen LogP contribution in [0.5, 0.6) is 17.2 Å². The van der Waals surface area contributed by atoms with E-state index < -0.39 is 6.10 Å². The maximum Gasteiger partial charge on any atom is 0.265 e. The van der Waals surface area contributed by atoms with Gasteiger partial charge < -0.3 is 14.8 Å². The molecule has 1 N–H and O–H groups in total. The molecule has 0 fully saturated rings. The number of carbonyl (C=O) groups is 1. The van der Waals surface area contributed by atoms with E-state index in [9.17, 15) is 4.79 Å². The number of rotatable bonds is 6. The van der Waals surface area contributed by atoms with Gasteiger partial charge in [0.2, 0.25) is 0 Å². The zero-order valence-electron chi connectivity index (χ0n) is 14.2. The molecule has 4 nitrogen and oxygen atoms in total. The van der Waals surface area contributed by atoms with Crippen LogP contribution in [0.25, 0.3) is 0 Å². The lowest BCUT2D eigenvalue weighted by Crippen LogP contribution is -2.30. The summed E-state index contributed by atoms with van der Waals surface area (Å²) in [7, 11) is 0. The van der Waals surface area contributed by atoms with Crippen LogP contribution >= 0.6 is 11.6 Å². The Morgan fingerprint density at radius 2 is 1.54 bits per heavy atom. The van der Waals surface area contributed by atoms with Crippen LogP contribution < -0.4 is 14.8 Å². The molecule has 132 valence electrons. The van der Waals surface area contributed by atoms with Crippen LogP contribution in [0.3, 0.4) is 0 Å². The lowest BCUT2D eigenvalue weighted by molar-refractivity contribution is -0.122. The maximum absolute atomic E-state index is 12.5. The summed E-state index contributed by atoms with van der Waals surface area (Å²) in [5.74, 6) is 1.50. The Morgan fingerprint density at radius 3 is 2.19 bits per heavy atom. The normalized spacial score (nSPS) is 11.5. The zero-order valence-corrected chi connectivity index (χ0v) is 14.9. The fraction of sp³-hybridized carbons (Fsp3) is 0.0952. The van der Waals surface area contributed by atoms with Crippen molar-refractivity contribution in [2.24, 2.45) is 0 Å². The van der Waals surface area contributed by atoms with Crippen molar-refractivity contribution in [3.63, 3.8) is 0 Å². The number of hydrogen-bond donors (Lipinski definition) is 1. The maximum atomic E-state index is 12.5. The van der Waals surface area contributed by atoms with E-state index in [1.165, 1.54) is 0 Å². The molecule has 0 unspecified atom stereocenters. The number of benzene rings is 3. The highest BCUT2D eigenvalue weighted by atomic mass is 35.5. The third kappa shape index (κ3) is 4.77. The minimum Gasteiger partial charge on any atom is -0.481 e. The molecule has 0 bridgehead atoms. The lowest BCUT2D eigenvalue weighted by Gasteiger charge is -2.17. The Bertz CT molecular complexity index is 869. The lowest BCUT2D eigenvalue weighted by atomic mass is 10.2. The van der Waals surface area contributed by atoms with E-state index in [2.05, 4.69) is 5.32 Å². The number of carbonyl (C=O) groups excluding carboxylic acids is 1. The zero-order chi connectivity index (χ0) is 18.4. The summed E-state index contributed by atoms with van der Waals surface area (Å²) < 4.78 is 11.5. The molecule has 0 aliphatic rings. The molecule has 0 aliphatic carbocycles. The molecule has 0 spiro atoms. The second kappa shape index (κ2) is 8.41. The molecule has 0 radical (unpaired) electrons. The van der Waals surface area contributed by atoms with Crippen molar-refractivity contribution in [2.75, 3.05) is 5.32 Å². The van der Waals surface area contributed by atoms with E-state index in [0.29, 0.717) is 28.0 Å². The molecule has 3 aromatic rings. The summed E-state index contributed by atoms with van der Waals surface area (Å²) in [5, 5.41) is 3.32. The summed E-state index contributed by atoms with van der Waals surface area (Å²) in [6.45, 7) is 1.69. The minimum absolute atomic E-state index is 0.297. The average Bonchev–Trinajstić information content (AvgIpc) is 2.65. The van der Waals surface area contributed by atoms with Crippen LogP contribution in [0.1, 0.15) is 6.92 Å². The second-order valence-electron chi connectivity index (χ2n) is 5.62. The predicted octanol–water partition coefficient (Wildman–Crippen LogP) is 5.54. The summed E-state index contributed by atoms with van der Waals surface area (Å²) in [6.07, 6.45) is -0.680. The molecule has 3 aromatic carbocycles. The van der Waals surface area contributed by atoms with Gasteiger partial charge in [0.25, 0.3) is 5.91 Å². The van der Waals surface area contributed by atoms with Crippen LogP contribution in [0.4, 0.5) is 5.69 Å². The highest BCUT2D eigenvalue weighted by molar-refractivity contribution is 6.31. The van der Waals surface area contributed by atoms with Crippen molar-refractivity contribution >= 4 is 23.2 Å². The standard InChI is InChI=1S/C21H18ClNO3/c1-15(25-17-8-4-2-5-9-17)21(24)23-19-14-16(22)12-13-20(19)26-18-10-6-3-7-11-18/h2-15H,1H3,(H,23,24)/t15-/m1/s1. The van der Waals surface area contributed by atoms with Crippen LogP contribution in [0.15, 0.2) is 78.9 Å². The Hall–Kier alpha value is -2.98. The molecule has 0 heterocycles. The molecule has 0 aliphatic heterocycles. The topological polar surface area (TPSA) is 47.6 Å². The summed E-state index contributed by atoms with van der Waals surface area (Å²) in [4.78, 5) is 12.5. The number of hydrogen-bond acceptors (Lipinski definition) is 3. The van der Waals surface area contributed by atoms with Crippen molar-refractivity contribution in [1.29, 1.82) is 0 Å². The fourth-order valence-electron chi connectivity index (χ4n) is 2.30. The van der Waals surface area contributed by atoms with Gasteiger partial charge in [0, 0.05) is 5.02 Å². The molecule has 0 saturated heterocycles. The Balaban J connectivity index is 1.73. The Labute approximate surface area is 157 Å². The first kappa shape index (κ1) is 17.8. The number of anilines is 1. The first-order valence-electron chi connectivity index (χ1n) is 8.17. The van der Waals surface area contributed by atoms with Gasteiger partial charge in [0.1, 0.15) is 11.5 Å². The van der Waals surface area contributed by atoms with Crippen LogP contribution in [0, 0.1) is 0 Å². The second-order valence-corrected chi connectivity index (χ2v) is 6.05. The molecule has 3 rings (SSSR count). The summed E-state index contributed by atoms with van der Waals surface area (Å²) in [5.41, 5.74) is 0.481. The number of ether oxygens (including phenoxy) is 2. The first-order valence-corrected chi connectivity index (χ1v) is 8.54. The van der Waals surface area contributed by atoms with Crippen molar-refractivity contribution in [3.8, 4) is 17.2 Å². The van der Waals surface area contributed by atoms with E-state index in [1.807, 2.05) is 48.5 Å². The van der Waals surface area contributed by atoms with Gasteiger partial charge in [-0.15, -0.1) is 0 Å². The molecular formula is C21H18ClNO3.